The molecule has 1 aliphatic rings. The Bertz CT molecular complexity index is 992. The summed E-state index contributed by atoms with van der Waals surface area (Å²) < 4.78 is 12.6. The molecule has 1 aliphatic heterocycles. The number of benzene rings is 2. The predicted octanol–water partition coefficient (Wildman–Crippen LogP) is 3.59. The molecule has 6 nitrogen and oxygen atoms in total. The van der Waals surface area contributed by atoms with Gasteiger partial charge in [0.25, 0.3) is 0 Å². The van der Waals surface area contributed by atoms with Crippen molar-refractivity contribution in [2.45, 2.75) is 13.3 Å². The molecule has 0 fully saturated rings. The Morgan fingerprint density at radius 1 is 1.04 bits per heavy atom. The Morgan fingerprint density at radius 2 is 1.70 bits per heavy atom. The Morgan fingerprint density at radius 3 is 2.37 bits per heavy atom. The van der Waals surface area contributed by atoms with Crippen LogP contribution in [0.15, 0.2) is 60.9 Å². The molecule has 1 amide bonds. The molecule has 0 aliphatic carbocycles. The van der Waals surface area contributed by atoms with Gasteiger partial charge in [-0.15, -0.1) is 0 Å². The maximum atomic E-state index is 12.5. The molecule has 0 saturated heterocycles. The van der Waals surface area contributed by atoms with E-state index in [1.165, 1.54) is 6.92 Å². The maximum absolute atomic E-state index is 12.5. The number of carbonyl (C=O) groups is 2. The quantitative estimate of drug-likeness (QED) is 0.704. The molecule has 2 heterocycles. The van der Waals surface area contributed by atoms with Crippen molar-refractivity contribution in [2.24, 2.45) is 0 Å². The number of rotatable bonds is 5. The Balaban J connectivity index is 1.49. The van der Waals surface area contributed by atoms with Crippen molar-refractivity contribution in [2.75, 3.05) is 12.1 Å². The van der Waals surface area contributed by atoms with Crippen LogP contribution in [-0.2, 0) is 11.2 Å². The van der Waals surface area contributed by atoms with Crippen LogP contribution in [0.2, 0.25) is 0 Å². The number of hydrogen-bond acceptors (Lipinski definition) is 4. The van der Waals surface area contributed by atoms with Crippen LogP contribution in [0.4, 0.5) is 5.69 Å². The Labute approximate surface area is 156 Å². The van der Waals surface area contributed by atoms with E-state index in [4.69, 9.17) is 9.47 Å². The average molecular weight is 362 g/mol. The van der Waals surface area contributed by atoms with Gasteiger partial charge in [0.2, 0.25) is 12.7 Å². The minimum Gasteiger partial charge on any atom is -0.454 e. The van der Waals surface area contributed by atoms with E-state index in [0.717, 1.165) is 11.3 Å². The molecule has 136 valence electrons. The number of Topliss-reactive ketones (excluding diaryl/α,β-unsaturated/α-hetero) is 1. The van der Waals surface area contributed by atoms with E-state index in [1.54, 1.807) is 12.1 Å². The number of amides is 1. The molecule has 4 rings (SSSR count). The van der Waals surface area contributed by atoms with Crippen molar-refractivity contribution in [3.8, 4) is 17.2 Å². The molecular weight excluding hydrogens is 344 g/mol. The summed E-state index contributed by atoms with van der Waals surface area (Å²) in [4.78, 5) is 24.4. The SMILES string of the molecule is CC(=O)c1cc2c(cc1NC(=O)Cc1ccc(-n3cccc3)cc1)OCO2. The second-order valence-corrected chi connectivity index (χ2v) is 6.29. The van der Waals surface area contributed by atoms with Crippen molar-refractivity contribution in [3.05, 3.63) is 72.1 Å². The minimum absolute atomic E-state index is 0.109. The Hall–Kier alpha value is -3.54. The monoisotopic (exact) mass is 362 g/mol. The number of carbonyl (C=O) groups excluding carboxylic acids is 2. The van der Waals surface area contributed by atoms with E-state index in [-0.39, 0.29) is 24.9 Å². The first-order valence-electron chi connectivity index (χ1n) is 8.57. The summed E-state index contributed by atoms with van der Waals surface area (Å²) in [7, 11) is 0. The summed E-state index contributed by atoms with van der Waals surface area (Å²) >= 11 is 0. The van der Waals surface area contributed by atoms with Gasteiger partial charge in [-0.05, 0) is 42.8 Å². The third kappa shape index (κ3) is 3.55. The summed E-state index contributed by atoms with van der Waals surface area (Å²) in [6.45, 7) is 1.56. The third-order valence-corrected chi connectivity index (χ3v) is 4.37. The molecule has 3 aromatic rings. The summed E-state index contributed by atoms with van der Waals surface area (Å²) in [6.07, 6.45) is 4.13. The maximum Gasteiger partial charge on any atom is 0.231 e. The van der Waals surface area contributed by atoms with Crippen LogP contribution in [0.1, 0.15) is 22.8 Å². The highest BCUT2D eigenvalue weighted by Gasteiger charge is 2.20. The Kier molecular flexibility index (Phi) is 4.38. The van der Waals surface area contributed by atoms with Gasteiger partial charge < -0.3 is 19.4 Å². The number of aromatic nitrogens is 1. The van der Waals surface area contributed by atoms with Gasteiger partial charge in [0.05, 0.1) is 12.1 Å². The molecule has 2 aromatic carbocycles. The van der Waals surface area contributed by atoms with Gasteiger partial charge in [-0.3, -0.25) is 9.59 Å². The van der Waals surface area contributed by atoms with Crippen molar-refractivity contribution in [1.29, 1.82) is 0 Å². The van der Waals surface area contributed by atoms with Gasteiger partial charge in [-0.2, -0.15) is 0 Å². The lowest BCUT2D eigenvalue weighted by Crippen LogP contribution is -2.16. The molecule has 0 unspecified atom stereocenters. The number of hydrogen-bond donors (Lipinski definition) is 1. The van der Waals surface area contributed by atoms with Crippen LogP contribution >= 0.6 is 0 Å². The number of nitrogens with one attached hydrogen (secondary N) is 1. The van der Waals surface area contributed by atoms with Gasteiger partial charge in [0, 0.05) is 29.7 Å². The van der Waals surface area contributed by atoms with Gasteiger partial charge >= 0.3 is 0 Å². The molecule has 1 N–H and O–H groups in total. The van der Waals surface area contributed by atoms with Crippen LogP contribution < -0.4 is 14.8 Å². The van der Waals surface area contributed by atoms with E-state index in [9.17, 15) is 9.59 Å². The number of fused-ring (bicyclic) bond motifs is 1. The first-order valence-corrected chi connectivity index (χ1v) is 8.57. The van der Waals surface area contributed by atoms with E-state index in [0.29, 0.717) is 22.7 Å². The van der Waals surface area contributed by atoms with Crippen LogP contribution in [0.3, 0.4) is 0 Å². The number of nitrogens with zero attached hydrogens (tertiary/aromatic N) is 1. The highest BCUT2D eigenvalue weighted by Crippen LogP contribution is 2.37. The van der Waals surface area contributed by atoms with Crippen LogP contribution in [0.5, 0.6) is 11.5 Å². The predicted molar refractivity (Wildman–Crippen MR) is 101 cm³/mol. The fourth-order valence-corrected chi connectivity index (χ4v) is 3.01. The van der Waals surface area contributed by atoms with E-state index in [2.05, 4.69) is 5.32 Å². The highest BCUT2D eigenvalue weighted by atomic mass is 16.7. The summed E-state index contributed by atoms with van der Waals surface area (Å²) in [5, 5.41) is 2.81. The number of anilines is 1. The molecule has 0 bridgehead atoms. The van der Waals surface area contributed by atoms with Gasteiger partial charge in [-0.1, -0.05) is 12.1 Å². The minimum atomic E-state index is -0.204. The molecule has 0 radical (unpaired) electrons. The second kappa shape index (κ2) is 6.99. The van der Waals surface area contributed by atoms with E-state index < -0.39 is 0 Å². The van der Waals surface area contributed by atoms with Crippen molar-refractivity contribution in [1.82, 2.24) is 4.57 Å². The standard InChI is InChI=1S/C21H18N2O4/c1-14(24)17-11-19-20(27-13-26-19)12-18(17)22-21(25)10-15-4-6-16(7-5-15)23-8-2-3-9-23/h2-9,11-12H,10,13H2,1H3,(H,22,25). The van der Waals surface area contributed by atoms with Crippen LogP contribution in [-0.4, -0.2) is 23.1 Å². The summed E-state index contributed by atoms with van der Waals surface area (Å²) in [6, 6.07) is 14.9. The van der Waals surface area contributed by atoms with Gasteiger partial charge in [0.15, 0.2) is 17.3 Å². The average Bonchev–Trinajstić information content (AvgIpc) is 3.33. The highest BCUT2D eigenvalue weighted by molar-refractivity contribution is 6.05. The molecule has 1 aromatic heterocycles. The van der Waals surface area contributed by atoms with Crippen LogP contribution in [0, 0.1) is 0 Å². The molecule has 0 spiro atoms. The third-order valence-electron chi connectivity index (χ3n) is 4.37. The van der Waals surface area contributed by atoms with Gasteiger partial charge in [-0.25, -0.2) is 0 Å². The largest absolute Gasteiger partial charge is 0.454 e. The molecule has 27 heavy (non-hydrogen) atoms. The first kappa shape index (κ1) is 16.9. The van der Waals surface area contributed by atoms with Gasteiger partial charge in [0.1, 0.15) is 0 Å². The topological polar surface area (TPSA) is 69.6 Å². The molecule has 0 saturated carbocycles. The van der Waals surface area contributed by atoms with Crippen molar-refractivity contribution < 1.29 is 19.1 Å². The zero-order valence-corrected chi connectivity index (χ0v) is 14.8. The molecular formula is C21H18N2O4. The number of ether oxygens (including phenoxy) is 2. The van der Waals surface area contributed by atoms with Crippen LogP contribution in [0.25, 0.3) is 5.69 Å². The fraction of sp³-hybridized carbons (Fsp3) is 0.143. The van der Waals surface area contributed by atoms with E-state index >= 15 is 0 Å². The lowest BCUT2D eigenvalue weighted by Gasteiger charge is -2.11. The zero-order valence-electron chi connectivity index (χ0n) is 14.8. The first-order chi connectivity index (χ1) is 13.1. The second-order valence-electron chi connectivity index (χ2n) is 6.29. The lowest BCUT2D eigenvalue weighted by atomic mass is 10.1. The summed E-state index contributed by atoms with van der Waals surface area (Å²) in [5.74, 6) is 0.676. The molecule has 6 heteroatoms. The fourth-order valence-electron chi connectivity index (χ4n) is 3.01. The normalized spacial score (nSPS) is 12.0. The van der Waals surface area contributed by atoms with Crippen molar-refractivity contribution in [3.63, 3.8) is 0 Å². The van der Waals surface area contributed by atoms with E-state index in [1.807, 2.05) is 53.4 Å². The van der Waals surface area contributed by atoms with Crippen molar-refractivity contribution >= 4 is 17.4 Å². The molecule has 0 atom stereocenters. The zero-order chi connectivity index (χ0) is 18.8. The summed E-state index contributed by atoms with van der Waals surface area (Å²) in [5.41, 5.74) is 2.74. The lowest BCUT2D eigenvalue weighted by molar-refractivity contribution is -0.115. The smallest absolute Gasteiger partial charge is 0.231 e. The number of ketones is 1.